The Morgan fingerprint density at radius 1 is 1.17 bits per heavy atom. The summed E-state index contributed by atoms with van der Waals surface area (Å²) >= 11 is 6.19. The van der Waals surface area contributed by atoms with E-state index in [2.05, 4.69) is 5.32 Å². The molecular weight excluding hydrogens is 384 g/mol. The molecule has 1 fully saturated rings. The zero-order valence-corrected chi connectivity index (χ0v) is 18.0. The van der Waals surface area contributed by atoms with Gasteiger partial charge in [-0.25, -0.2) is 9.97 Å². The molecule has 1 amide bonds. The van der Waals surface area contributed by atoms with Gasteiger partial charge in [0.15, 0.2) is 5.82 Å². The molecule has 29 heavy (non-hydrogen) atoms. The first kappa shape index (κ1) is 20.1. The zero-order chi connectivity index (χ0) is 20.4. The van der Waals surface area contributed by atoms with Crippen molar-refractivity contribution >= 4 is 23.3 Å². The van der Waals surface area contributed by atoms with Crippen molar-refractivity contribution in [2.45, 2.75) is 58.4 Å². The summed E-state index contributed by atoms with van der Waals surface area (Å²) in [6.07, 6.45) is 6.28. The largest absolute Gasteiger partial charge is 0.367 e. The number of anilines is 1. The number of likely N-dealkylation sites (tertiary alicyclic amines) is 1. The molecular formula is C23H29ClN4O. The van der Waals surface area contributed by atoms with Crippen molar-refractivity contribution < 1.29 is 4.79 Å². The third kappa shape index (κ3) is 4.55. The van der Waals surface area contributed by atoms with E-state index in [9.17, 15) is 4.79 Å². The Hall–Kier alpha value is -2.14. The minimum atomic E-state index is 0.0636. The van der Waals surface area contributed by atoms with Crippen molar-refractivity contribution in [1.82, 2.24) is 14.9 Å². The van der Waals surface area contributed by atoms with Gasteiger partial charge in [0.25, 0.3) is 0 Å². The van der Waals surface area contributed by atoms with Crippen LogP contribution in [-0.2, 0) is 17.6 Å². The van der Waals surface area contributed by atoms with E-state index in [4.69, 9.17) is 21.6 Å². The molecule has 4 rings (SSSR count). The van der Waals surface area contributed by atoms with Crippen molar-refractivity contribution in [2.75, 3.05) is 18.4 Å². The van der Waals surface area contributed by atoms with Crippen molar-refractivity contribution in [3.05, 3.63) is 40.5 Å². The molecule has 0 spiro atoms. The second-order valence-corrected chi connectivity index (χ2v) is 8.87. The molecule has 6 heteroatoms. The van der Waals surface area contributed by atoms with E-state index in [1.165, 1.54) is 18.4 Å². The number of amides is 1. The molecule has 5 nitrogen and oxygen atoms in total. The van der Waals surface area contributed by atoms with Gasteiger partial charge in [-0.15, -0.1) is 0 Å². The minimum absolute atomic E-state index is 0.0636. The molecule has 1 aliphatic carbocycles. The highest BCUT2D eigenvalue weighted by atomic mass is 35.5. The fraction of sp³-hybridized carbons (Fsp3) is 0.522. The summed E-state index contributed by atoms with van der Waals surface area (Å²) < 4.78 is 0. The van der Waals surface area contributed by atoms with Crippen molar-refractivity contribution in [1.29, 1.82) is 0 Å². The highest BCUT2D eigenvalue weighted by Gasteiger charge is 2.26. The minimum Gasteiger partial charge on any atom is -0.367 e. The maximum Gasteiger partial charge on any atom is 0.225 e. The number of rotatable bonds is 4. The van der Waals surface area contributed by atoms with Crippen LogP contribution in [0.25, 0.3) is 11.4 Å². The van der Waals surface area contributed by atoms with Gasteiger partial charge in [0.1, 0.15) is 5.82 Å². The van der Waals surface area contributed by atoms with Gasteiger partial charge in [0, 0.05) is 46.9 Å². The van der Waals surface area contributed by atoms with E-state index in [-0.39, 0.29) is 11.8 Å². The van der Waals surface area contributed by atoms with Gasteiger partial charge in [-0.05, 0) is 50.7 Å². The maximum atomic E-state index is 12.3. The number of halogens is 1. The fourth-order valence-electron chi connectivity index (χ4n) is 4.27. The molecule has 1 aromatic heterocycles. The monoisotopic (exact) mass is 412 g/mol. The molecule has 0 atom stereocenters. The third-order valence-corrected chi connectivity index (χ3v) is 6.14. The molecule has 0 bridgehead atoms. The summed E-state index contributed by atoms with van der Waals surface area (Å²) in [5.74, 6) is 2.03. The maximum absolute atomic E-state index is 12.3. The summed E-state index contributed by atoms with van der Waals surface area (Å²) in [5.41, 5.74) is 3.38. The molecule has 0 saturated carbocycles. The normalized spacial score (nSPS) is 17.3. The lowest BCUT2D eigenvalue weighted by molar-refractivity contribution is -0.135. The number of aromatic nitrogens is 2. The Labute approximate surface area is 177 Å². The first-order chi connectivity index (χ1) is 14.0. The Balaban J connectivity index is 1.55. The Kier molecular flexibility index (Phi) is 6.04. The molecule has 0 radical (unpaired) electrons. The van der Waals surface area contributed by atoms with E-state index >= 15 is 0 Å². The first-order valence-electron chi connectivity index (χ1n) is 10.7. The lowest BCUT2D eigenvalue weighted by Crippen LogP contribution is -2.44. The number of hydrogen-bond acceptors (Lipinski definition) is 4. The number of hydrogen-bond donors (Lipinski definition) is 1. The molecule has 1 N–H and O–H groups in total. The smallest absolute Gasteiger partial charge is 0.225 e. The average molecular weight is 413 g/mol. The summed E-state index contributed by atoms with van der Waals surface area (Å²) in [4.78, 5) is 24.0. The number of benzene rings is 1. The van der Waals surface area contributed by atoms with Crippen LogP contribution in [0.1, 0.15) is 50.8 Å². The van der Waals surface area contributed by atoms with Crippen molar-refractivity contribution in [3.8, 4) is 11.4 Å². The number of fused-ring (bicyclic) bond motifs is 1. The molecule has 1 aromatic carbocycles. The van der Waals surface area contributed by atoms with Crippen LogP contribution in [0, 0.1) is 5.92 Å². The van der Waals surface area contributed by atoms with Gasteiger partial charge in [0.05, 0.1) is 0 Å². The standard InChI is InChI=1S/C23H29ClN4O/c1-15(2)23(29)28-12-10-18(11-13-28)25-22-19-8-3-4-9-20(19)26-21(27-22)16-6-5-7-17(24)14-16/h5-7,14-15,18H,3-4,8-13H2,1-2H3,(H,25,26,27). The number of nitrogens with one attached hydrogen (secondary N) is 1. The van der Waals surface area contributed by atoms with Gasteiger partial charge in [-0.1, -0.05) is 37.6 Å². The van der Waals surface area contributed by atoms with Crippen molar-refractivity contribution in [3.63, 3.8) is 0 Å². The number of aryl methyl sites for hydroxylation is 1. The van der Waals surface area contributed by atoms with Crippen LogP contribution < -0.4 is 5.32 Å². The van der Waals surface area contributed by atoms with Gasteiger partial charge >= 0.3 is 0 Å². The molecule has 154 valence electrons. The second-order valence-electron chi connectivity index (χ2n) is 8.44. The number of piperidine rings is 1. The van der Waals surface area contributed by atoms with Crippen LogP contribution in [0.3, 0.4) is 0 Å². The second kappa shape index (κ2) is 8.70. The Morgan fingerprint density at radius 2 is 1.93 bits per heavy atom. The third-order valence-electron chi connectivity index (χ3n) is 5.91. The van der Waals surface area contributed by atoms with E-state index in [1.807, 2.05) is 43.0 Å². The van der Waals surface area contributed by atoms with Crippen LogP contribution in [-0.4, -0.2) is 39.9 Å². The Bertz CT molecular complexity index is 890. The van der Waals surface area contributed by atoms with Gasteiger partial charge in [0.2, 0.25) is 5.91 Å². The van der Waals surface area contributed by atoms with Crippen LogP contribution in [0.2, 0.25) is 5.02 Å². The fourth-order valence-corrected chi connectivity index (χ4v) is 4.46. The van der Waals surface area contributed by atoms with E-state index in [0.717, 1.165) is 61.7 Å². The van der Waals surface area contributed by atoms with Gasteiger partial charge in [-0.3, -0.25) is 4.79 Å². The van der Waals surface area contributed by atoms with E-state index < -0.39 is 0 Å². The predicted octanol–water partition coefficient (Wildman–Crippen LogP) is 4.73. The van der Waals surface area contributed by atoms with Crippen LogP contribution >= 0.6 is 11.6 Å². The molecule has 2 aromatic rings. The molecule has 1 aliphatic heterocycles. The quantitative estimate of drug-likeness (QED) is 0.788. The summed E-state index contributed by atoms with van der Waals surface area (Å²) in [5, 5.41) is 4.40. The van der Waals surface area contributed by atoms with Gasteiger partial charge in [-0.2, -0.15) is 0 Å². The lowest BCUT2D eigenvalue weighted by atomic mass is 9.95. The SMILES string of the molecule is CC(C)C(=O)N1CCC(Nc2nc(-c3cccc(Cl)c3)nc3c2CCCC3)CC1. The molecule has 2 aliphatic rings. The summed E-state index contributed by atoms with van der Waals surface area (Å²) in [6, 6.07) is 8.07. The number of carbonyl (C=O) groups excluding carboxylic acids is 1. The summed E-state index contributed by atoms with van der Waals surface area (Å²) in [6.45, 7) is 5.56. The number of carbonyl (C=O) groups is 1. The zero-order valence-electron chi connectivity index (χ0n) is 17.2. The Morgan fingerprint density at radius 3 is 2.66 bits per heavy atom. The van der Waals surface area contributed by atoms with Crippen LogP contribution in [0.5, 0.6) is 0 Å². The first-order valence-corrected chi connectivity index (χ1v) is 11.1. The van der Waals surface area contributed by atoms with Crippen LogP contribution in [0.15, 0.2) is 24.3 Å². The molecule has 0 unspecified atom stereocenters. The van der Waals surface area contributed by atoms with Crippen LogP contribution in [0.4, 0.5) is 5.82 Å². The summed E-state index contributed by atoms with van der Waals surface area (Å²) in [7, 11) is 0. The lowest BCUT2D eigenvalue weighted by Gasteiger charge is -2.34. The highest BCUT2D eigenvalue weighted by Crippen LogP contribution is 2.30. The number of nitrogens with zero attached hydrogens (tertiary/aromatic N) is 3. The average Bonchev–Trinajstić information content (AvgIpc) is 2.73. The van der Waals surface area contributed by atoms with Crippen molar-refractivity contribution in [2.24, 2.45) is 5.92 Å². The van der Waals surface area contributed by atoms with E-state index in [0.29, 0.717) is 11.1 Å². The highest BCUT2D eigenvalue weighted by molar-refractivity contribution is 6.30. The van der Waals surface area contributed by atoms with Gasteiger partial charge < -0.3 is 10.2 Å². The molecule has 2 heterocycles. The molecule has 1 saturated heterocycles. The predicted molar refractivity (Wildman–Crippen MR) is 117 cm³/mol. The van der Waals surface area contributed by atoms with E-state index in [1.54, 1.807) is 0 Å². The topological polar surface area (TPSA) is 58.1 Å².